The molecule has 4 nitrogen and oxygen atoms in total. The van der Waals surface area contributed by atoms with Crippen LogP contribution in [0, 0.1) is 11.8 Å². The van der Waals surface area contributed by atoms with Crippen molar-refractivity contribution in [2.24, 2.45) is 11.8 Å². The van der Waals surface area contributed by atoms with Gasteiger partial charge in [0.05, 0.1) is 6.42 Å². The van der Waals surface area contributed by atoms with Crippen LogP contribution in [0.4, 0.5) is 0 Å². The SMILES string of the molecule is CC1CCN(CC2CCCN(CCC(=O)O)C2)CC1. The average Bonchev–Trinajstić information content (AvgIpc) is 2.40. The van der Waals surface area contributed by atoms with Crippen LogP contribution in [0.15, 0.2) is 0 Å². The molecule has 2 aliphatic heterocycles. The minimum Gasteiger partial charge on any atom is -0.481 e. The molecule has 0 aromatic heterocycles. The van der Waals surface area contributed by atoms with Gasteiger partial charge in [0.1, 0.15) is 0 Å². The van der Waals surface area contributed by atoms with E-state index in [2.05, 4.69) is 16.7 Å². The molecule has 0 bridgehead atoms. The van der Waals surface area contributed by atoms with Crippen molar-refractivity contribution in [1.29, 1.82) is 0 Å². The maximum absolute atomic E-state index is 10.6. The first-order valence-electron chi connectivity index (χ1n) is 7.80. The molecule has 0 spiro atoms. The first kappa shape index (κ1) is 14.8. The number of aliphatic carboxylic acids is 1. The largest absolute Gasteiger partial charge is 0.481 e. The zero-order valence-electron chi connectivity index (χ0n) is 12.2. The Morgan fingerprint density at radius 1 is 1.16 bits per heavy atom. The molecule has 0 amide bonds. The monoisotopic (exact) mass is 268 g/mol. The molecule has 0 saturated carbocycles. The Morgan fingerprint density at radius 3 is 2.58 bits per heavy atom. The highest BCUT2D eigenvalue weighted by Crippen LogP contribution is 2.21. The van der Waals surface area contributed by atoms with Gasteiger partial charge in [-0.25, -0.2) is 0 Å². The number of hydrogen-bond donors (Lipinski definition) is 1. The van der Waals surface area contributed by atoms with Gasteiger partial charge >= 0.3 is 5.97 Å². The summed E-state index contributed by atoms with van der Waals surface area (Å²) in [7, 11) is 0. The topological polar surface area (TPSA) is 43.8 Å². The van der Waals surface area contributed by atoms with Crippen LogP contribution in [-0.4, -0.2) is 60.1 Å². The van der Waals surface area contributed by atoms with Gasteiger partial charge in [0.15, 0.2) is 0 Å². The normalized spacial score (nSPS) is 27.5. The number of carboxylic acid groups (broad SMARTS) is 1. The molecule has 0 aromatic carbocycles. The fourth-order valence-corrected chi connectivity index (χ4v) is 3.37. The summed E-state index contributed by atoms with van der Waals surface area (Å²) < 4.78 is 0. The van der Waals surface area contributed by atoms with Crippen LogP contribution >= 0.6 is 0 Å². The van der Waals surface area contributed by atoms with E-state index < -0.39 is 5.97 Å². The molecule has 2 aliphatic rings. The standard InChI is InChI=1S/C15H28N2O2/c1-13-4-8-17(9-5-13)12-14-3-2-7-16(11-14)10-6-15(18)19/h13-14H,2-12H2,1H3,(H,18,19). The van der Waals surface area contributed by atoms with Crippen molar-refractivity contribution in [3.05, 3.63) is 0 Å². The molecule has 1 N–H and O–H groups in total. The molecule has 2 saturated heterocycles. The van der Waals surface area contributed by atoms with E-state index in [0.717, 1.165) is 31.5 Å². The molecule has 19 heavy (non-hydrogen) atoms. The molecule has 0 aliphatic carbocycles. The van der Waals surface area contributed by atoms with Crippen LogP contribution in [0.5, 0.6) is 0 Å². The lowest BCUT2D eigenvalue weighted by molar-refractivity contribution is -0.137. The van der Waals surface area contributed by atoms with Crippen LogP contribution in [-0.2, 0) is 4.79 Å². The van der Waals surface area contributed by atoms with Crippen molar-refractivity contribution < 1.29 is 9.90 Å². The Labute approximate surface area is 116 Å². The molecule has 1 unspecified atom stereocenters. The van der Waals surface area contributed by atoms with E-state index >= 15 is 0 Å². The maximum Gasteiger partial charge on any atom is 0.304 e. The van der Waals surface area contributed by atoms with Gasteiger partial charge in [0.25, 0.3) is 0 Å². The molecule has 4 heteroatoms. The smallest absolute Gasteiger partial charge is 0.304 e. The molecule has 0 radical (unpaired) electrons. The lowest BCUT2D eigenvalue weighted by Crippen LogP contribution is -2.43. The van der Waals surface area contributed by atoms with E-state index in [1.165, 1.54) is 45.3 Å². The van der Waals surface area contributed by atoms with E-state index in [1.54, 1.807) is 0 Å². The molecular weight excluding hydrogens is 240 g/mol. The van der Waals surface area contributed by atoms with Gasteiger partial charge in [0, 0.05) is 19.6 Å². The van der Waals surface area contributed by atoms with Gasteiger partial charge in [-0.2, -0.15) is 0 Å². The summed E-state index contributed by atoms with van der Waals surface area (Å²) in [6, 6.07) is 0. The van der Waals surface area contributed by atoms with Crippen molar-refractivity contribution in [1.82, 2.24) is 9.80 Å². The number of hydrogen-bond acceptors (Lipinski definition) is 3. The molecule has 2 heterocycles. The predicted molar refractivity (Wildman–Crippen MR) is 76.3 cm³/mol. The second kappa shape index (κ2) is 7.25. The summed E-state index contributed by atoms with van der Waals surface area (Å²) in [4.78, 5) is 15.6. The first-order valence-corrected chi connectivity index (χ1v) is 7.80. The van der Waals surface area contributed by atoms with Crippen molar-refractivity contribution >= 4 is 5.97 Å². The van der Waals surface area contributed by atoms with Crippen LogP contribution in [0.3, 0.4) is 0 Å². The van der Waals surface area contributed by atoms with Gasteiger partial charge in [-0.05, 0) is 57.2 Å². The highest BCUT2D eigenvalue weighted by atomic mass is 16.4. The molecule has 110 valence electrons. The van der Waals surface area contributed by atoms with Gasteiger partial charge < -0.3 is 14.9 Å². The quantitative estimate of drug-likeness (QED) is 0.827. The highest BCUT2D eigenvalue weighted by Gasteiger charge is 2.24. The zero-order valence-corrected chi connectivity index (χ0v) is 12.2. The Balaban J connectivity index is 1.70. The lowest BCUT2D eigenvalue weighted by atomic mass is 9.94. The first-order chi connectivity index (χ1) is 9.13. The van der Waals surface area contributed by atoms with Crippen LogP contribution in [0.25, 0.3) is 0 Å². The number of carbonyl (C=O) groups is 1. The Hall–Kier alpha value is -0.610. The second-order valence-electron chi connectivity index (χ2n) is 6.44. The molecule has 0 aromatic rings. The van der Waals surface area contributed by atoms with Crippen molar-refractivity contribution in [2.75, 3.05) is 39.3 Å². The third-order valence-electron chi connectivity index (χ3n) is 4.64. The van der Waals surface area contributed by atoms with E-state index in [0.29, 0.717) is 0 Å². The zero-order chi connectivity index (χ0) is 13.7. The summed E-state index contributed by atoms with van der Waals surface area (Å²) >= 11 is 0. The van der Waals surface area contributed by atoms with Gasteiger partial charge in [-0.3, -0.25) is 4.79 Å². The van der Waals surface area contributed by atoms with Gasteiger partial charge in [-0.1, -0.05) is 6.92 Å². The third-order valence-corrected chi connectivity index (χ3v) is 4.64. The average molecular weight is 268 g/mol. The molecule has 2 rings (SSSR count). The molecule has 1 atom stereocenters. The van der Waals surface area contributed by atoms with Gasteiger partial charge in [-0.15, -0.1) is 0 Å². The number of carboxylic acids is 1. The Kier molecular flexibility index (Phi) is 5.64. The summed E-state index contributed by atoms with van der Waals surface area (Å²) in [5.41, 5.74) is 0. The summed E-state index contributed by atoms with van der Waals surface area (Å²) in [5.74, 6) is 0.970. The molecule has 2 fully saturated rings. The number of likely N-dealkylation sites (tertiary alicyclic amines) is 2. The van der Waals surface area contributed by atoms with E-state index in [9.17, 15) is 4.79 Å². The van der Waals surface area contributed by atoms with Crippen LogP contribution < -0.4 is 0 Å². The number of piperidine rings is 2. The van der Waals surface area contributed by atoms with Crippen molar-refractivity contribution in [3.63, 3.8) is 0 Å². The number of nitrogens with zero attached hydrogens (tertiary/aromatic N) is 2. The van der Waals surface area contributed by atoms with Crippen LogP contribution in [0.2, 0.25) is 0 Å². The fraction of sp³-hybridized carbons (Fsp3) is 0.933. The van der Waals surface area contributed by atoms with Crippen LogP contribution in [0.1, 0.15) is 39.0 Å². The minimum absolute atomic E-state index is 0.286. The Bertz CT molecular complexity index is 288. The third kappa shape index (κ3) is 5.11. The Morgan fingerprint density at radius 2 is 1.89 bits per heavy atom. The van der Waals surface area contributed by atoms with E-state index in [1.807, 2.05) is 0 Å². The lowest BCUT2D eigenvalue weighted by Gasteiger charge is -2.37. The fourth-order valence-electron chi connectivity index (χ4n) is 3.37. The highest BCUT2D eigenvalue weighted by molar-refractivity contribution is 5.66. The predicted octanol–water partition coefficient (Wildman–Crippen LogP) is 1.91. The summed E-state index contributed by atoms with van der Waals surface area (Å²) in [5, 5.41) is 8.76. The van der Waals surface area contributed by atoms with E-state index in [-0.39, 0.29) is 6.42 Å². The summed E-state index contributed by atoms with van der Waals surface area (Å²) in [6.45, 7) is 8.99. The number of rotatable bonds is 5. The van der Waals surface area contributed by atoms with Gasteiger partial charge in [0.2, 0.25) is 0 Å². The van der Waals surface area contributed by atoms with Crippen molar-refractivity contribution in [3.8, 4) is 0 Å². The molecular formula is C15H28N2O2. The summed E-state index contributed by atoms with van der Waals surface area (Å²) in [6.07, 6.45) is 5.52. The van der Waals surface area contributed by atoms with E-state index in [4.69, 9.17) is 5.11 Å². The van der Waals surface area contributed by atoms with Crippen molar-refractivity contribution in [2.45, 2.75) is 39.0 Å². The second-order valence-corrected chi connectivity index (χ2v) is 6.44. The minimum atomic E-state index is -0.674. The maximum atomic E-state index is 10.6.